The molecule has 2 aromatic rings. The molecule has 2 aliphatic heterocycles. The zero-order valence-electron chi connectivity index (χ0n) is 20.2. The number of anilines is 1. The molecule has 0 spiro atoms. The molecule has 6 nitrogen and oxygen atoms in total. The number of fused-ring (bicyclic) bond motifs is 1. The fourth-order valence-corrected chi connectivity index (χ4v) is 4.85. The molecule has 192 valence electrons. The number of carboxylic acid groups (broad SMARTS) is 1. The smallest absolute Gasteiger partial charge is 0.475 e. The van der Waals surface area contributed by atoms with Gasteiger partial charge in [-0.2, -0.15) is 13.2 Å². The predicted molar refractivity (Wildman–Crippen MR) is 128 cm³/mol. The number of hydrogen-bond acceptors (Lipinski definition) is 5. The minimum atomic E-state index is -5.08. The second-order valence-electron chi connectivity index (χ2n) is 9.14. The van der Waals surface area contributed by atoms with E-state index in [1.165, 1.54) is 16.5 Å². The standard InChI is InChI=1S/C24H32N2O2.C2HF3O2/c1-3-24(4-2)18-20(28-23(24)27)12-13-25-14-16-26(17-15-25)22-11-7-9-19-8-5-6-10-21(19)22;3-2(4,5)1(6)7/h5-11,20H,3-4,12-18H2,1-2H3;(H,6,7). The van der Waals surface area contributed by atoms with Crippen molar-refractivity contribution in [1.82, 2.24) is 4.90 Å². The van der Waals surface area contributed by atoms with E-state index >= 15 is 0 Å². The van der Waals surface area contributed by atoms with Crippen molar-refractivity contribution in [2.24, 2.45) is 5.41 Å². The van der Waals surface area contributed by atoms with Gasteiger partial charge < -0.3 is 14.7 Å². The maximum atomic E-state index is 12.3. The highest BCUT2D eigenvalue weighted by molar-refractivity contribution is 5.94. The van der Waals surface area contributed by atoms with Gasteiger partial charge >= 0.3 is 18.1 Å². The number of nitrogens with zero attached hydrogens (tertiary/aromatic N) is 2. The Bertz CT molecular complexity index is 1010. The van der Waals surface area contributed by atoms with Crippen LogP contribution in [-0.2, 0) is 14.3 Å². The number of piperazine rings is 1. The van der Waals surface area contributed by atoms with Crippen LogP contribution in [0, 0.1) is 5.41 Å². The summed E-state index contributed by atoms with van der Waals surface area (Å²) >= 11 is 0. The van der Waals surface area contributed by atoms with Crippen LogP contribution < -0.4 is 4.90 Å². The fraction of sp³-hybridized carbons (Fsp3) is 0.538. The molecule has 1 N–H and O–H groups in total. The molecule has 0 saturated carbocycles. The maximum Gasteiger partial charge on any atom is 0.490 e. The summed E-state index contributed by atoms with van der Waals surface area (Å²) in [6.07, 6.45) is -1.34. The van der Waals surface area contributed by atoms with Crippen LogP contribution in [0.25, 0.3) is 10.8 Å². The summed E-state index contributed by atoms with van der Waals surface area (Å²) in [5, 5.41) is 9.77. The Hall–Kier alpha value is -2.81. The number of esters is 1. The Balaban J connectivity index is 0.000000429. The molecule has 35 heavy (non-hydrogen) atoms. The van der Waals surface area contributed by atoms with Gasteiger partial charge in [-0.15, -0.1) is 0 Å². The first kappa shape index (κ1) is 26.8. The van der Waals surface area contributed by atoms with Gasteiger partial charge in [0.1, 0.15) is 6.10 Å². The average Bonchev–Trinajstić information content (AvgIpc) is 3.18. The summed E-state index contributed by atoms with van der Waals surface area (Å²) < 4.78 is 37.4. The number of carbonyl (C=O) groups is 2. The van der Waals surface area contributed by atoms with Gasteiger partial charge in [-0.25, -0.2) is 4.79 Å². The van der Waals surface area contributed by atoms with E-state index in [1.807, 2.05) is 0 Å². The summed E-state index contributed by atoms with van der Waals surface area (Å²) in [5.74, 6) is -2.73. The summed E-state index contributed by atoms with van der Waals surface area (Å²) in [5.41, 5.74) is 1.12. The highest BCUT2D eigenvalue weighted by atomic mass is 19.4. The predicted octanol–water partition coefficient (Wildman–Crippen LogP) is 5.11. The van der Waals surface area contributed by atoms with Crippen LogP contribution >= 0.6 is 0 Å². The molecule has 2 aromatic carbocycles. The van der Waals surface area contributed by atoms with E-state index in [-0.39, 0.29) is 17.5 Å². The first-order valence-corrected chi connectivity index (χ1v) is 12.1. The molecule has 9 heteroatoms. The van der Waals surface area contributed by atoms with Crippen molar-refractivity contribution in [1.29, 1.82) is 0 Å². The molecule has 0 aromatic heterocycles. The summed E-state index contributed by atoms with van der Waals surface area (Å²) in [6.45, 7) is 9.47. The Labute approximate surface area is 203 Å². The number of benzene rings is 2. The van der Waals surface area contributed by atoms with E-state index in [4.69, 9.17) is 14.6 Å². The first-order valence-electron chi connectivity index (χ1n) is 12.1. The van der Waals surface area contributed by atoms with Crippen molar-refractivity contribution in [3.63, 3.8) is 0 Å². The van der Waals surface area contributed by atoms with E-state index in [9.17, 15) is 18.0 Å². The topological polar surface area (TPSA) is 70.1 Å². The van der Waals surface area contributed by atoms with Gasteiger partial charge in [0, 0.05) is 50.2 Å². The Morgan fingerprint density at radius 1 is 1.06 bits per heavy atom. The number of ether oxygens (including phenoxy) is 1. The molecule has 2 saturated heterocycles. The molecule has 0 aliphatic carbocycles. The molecular weight excluding hydrogens is 461 g/mol. The second kappa shape index (κ2) is 11.3. The lowest BCUT2D eigenvalue weighted by Gasteiger charge is -2.37. The Morgan fingerprint density at radius 2 is 1.66 bits per heavy atom. The molecule has 2 aliphatic rings. The lowest BCUT2D eigenvalue weighted by Crippen LogP contribution is -2.47. The molecule has 2 heterocycles. The molecule has 4 rings (SSSR count). The lowest BCUT2D eigenvalue weighted by molar-refractivity contribution is -0.192. The molecular formula is C26H33F3N2O4. The minimum Gasteiger partial charge on any atom is -0.475 e. The lowest BCUT2D eigenvalue weighted by atomic mass is 9.79. The number of cyclic esters (lactones) is 1. The Morgan fingerprint density at radius 3 is 2.23 bits per heavy atom. The van der Waals surface area contributed by atoms with Crippen molar-refractivity contribution in [3.8, 4) is 0 Å². The summed E-state index contributed by atoms with van der Waals surface area (Å²) in [4.78, 5) is 26.2. The summed E-state index contributed by atoms with van der Waals surface area (Å²) in [6, 6.07) is 15.2. The first-order chi connectivity index (χ1) is 16.6. The molecule has 2 fully saturated rings. The van der Waals surface area contributed by atoms with E-state index in [0.29, 0.717) is 0 Å². The van der Waals surface area contributed by atoms with Gasteiger partial charge in [0.2, 0.25) is 0 Å². The quantitative estimate of drug-likeness (QED) is 0.563. The van der Waals surface area contributed by atoms with Gasteiger partial charge in [-0.3, -0.25) is 9.69 Å². The monoisotopic (exact) mass is 494 g/mol. The van der Waals surface area contributed by atoms with Crippen LogP contribution in [0.15, 0.2) is 42.5 Å². The third-order valence-electron chi connectivity index (χ3n) is 7.17. The highest BCUT2D eigenvalue weighted by Crippen LogP contribution is 2.41. The average molecular weight is 495 g/mol. The highest BCUT2D eigenvalue weighted by Gasteiger charge is 2.46. The van der Waals surface area contributed by atoms with Crippen molar-refractivity contribution >= 4 is 28.4 Å². The van der Waals surface area contributed by atoms with E-state index in [2.05, 4.69) is 66.1 Å². The Kier molecular flexibility index (Phi) is 8.64. The van der Waals surface area contributed by atoms with Gasteiger partial charge in [0.05, 0.1) is 5.41 Å². The van der Waals surface area contributed by atoms with Gasteiger partial charge in [0.25, 0.3) is 0 Å². The van der Waals surface area contributed by atoms with Crippen LogP contribution in [0.1, 0.15) is 39.5 Å². The number of hydrogen-bond donors (Lipinski definition) is 1. The SMILES string of the molecule is CCC1(CC)CC(CCN2CCN(c3cccc4ccccc34)CC2)OC1=O.O=C(O)C(F)(F)F. The molecule has 0 radical (unpaired) electrons. The van der Waals surface area contributed by atoms with Gasteiger partial charge in [0.15, 0.2) is 0 Å². The number of halogens is 3. The molecule has 1 atom stereocenters. The molecule has 0 bridgehead atoms. The zero-order valence-corrected chi connectivity index (χ0v) is 20.2. The van der Waals surface area contributed by atoms with Crippen molar-refractivity contribution in [2.75, 3.05) is 37.6 Å². The van der Waals surface area contributed by atoms with Crippen LogP contribution in [0.3, 0.4) is 0 Å². The largest absolute Gasteiger partial charge is 0.490 e. The normalized spacial score (nSPS) is 20.3. The van der Waals surface area contributed by atoms with Crippen molar-refractivity contribution in [2.45, 2.75) is 51.8 Å². The number of carbonyl (C=O) groups excluding carboxylic acids is 1. The van der Waals surface area contributed by atoms with Gasteiger partial charge in [-0.1, -0.05) is 50.2 Å². The summed E-state index contributed by atoms with van der Waals surface area (Å²) in [7, 11) is 0. The number of carboxylic acids is 1. The number of rotatable bonds is 6. The fourth-order valence-electron chi connectivity index (χ4n) is 4.85. The maximum absolute atomic E-state index is 12.3. The van der Waals surface area contributed by atoms with E-state index in [1.54, 1.807) is 0 Å². The van der Waals surface area contributed by atoms with Crippen molar-refractivity contribution in [3.05, 3.63) is 42.5 Å². The van der Waals surface area contributed by atoms with Crippen molar-refractivity contribution < 1.29 is 32.6 Å². The number of alkyl halides is 3. The number of aliphatic carboxylic acids is 1. The van der Waals surface area contributed by atoms with Crippen LogP contribution in [0.4, 0.5) is 18.9 Å². The third-order valence-corrected chi connectivity index (χ3v) is 7.17. The van der Waals surface area contributed by atoms with Crippen LogP contribution in [-0.4, -0.2) is 66.9 Å². The molecule has 0 amide bonds. The molecule has 1 unspecified atom stereocenters. The van der Waals surface area contributed by atoms with E-state index < -0.39 is 12.1 Å². The second-order valence-corrected chi connectivity index (χ2v) is 9.14. The minimum absolute atomic E-state index is 0.0308. The third kappa shape index (κ3) is 6.45. The van der Waals surface area contributed by atoms with Gasteiger partial charge in [-0.05, 0) is 30.7 Å². The van der Waals surface area contributed by atoms with E-state index in [0.717, 1.165) is 58.4 Å². The van der Waals surface area contributed by atoms with Crippen LogP contribution in [0.5, 0.6) is 0 Å². The zero-order chi connectivity index (χ0) is 25.6. The van der Waals surface area contributed by atoms with Crippen LogP contribution in [0.2, 0.25) is 0 Å².